The molecule has 1 N–H and O–H groups in total. The second-order valence-corrected chi connectivity index (χ2v) is 6.04. The lowest BCUT2D eigenvalue weighted by Crippen LogP contribution is -2.39. The van der Waals surface area contributed by atoms with E-state index in [1.165, 1.54) is 0 Å². The summed E-state index contributed by atoms with van der Waals surface area (Å²) in [6.45, 7) is 4.25. The highest BCUT2D eigenvalue weighted by atomic mass is 127. The Morgan fingerprint density at radius 2 is 2.11 bits per heavy atom. The zero-order valence-electron chi connectivity index (χ0n) is 15.9. The van der Waals surface area contributed by atoms with E-state index in [2.05, 4.69) is 37.4 Å². The molecular formula is C17H26IN9. The van der Waals surface area contributed by atoms with Crippen molar-refractivity contribution >= 4 is 35.6 Å². The fourth-order valence-corrected chi connectivity index (χ4v) is 2.70. The summed E-state index contributed by atoms with van der Waals surface area (Å²) in [7, 11) is 3.89. The Bertz CT molecular complexity index is 870. The largest absolute Gasteiger partial charge is 0.357 e. The van der Waals surface area contributed by atoms with Gasteiger partial charge in [-0.15, -0.1) is 34.2 Å². The average Bonchev–Trinajstić information content (AvgIpc) is 3.24. The smallest absolute Gasteiger partial charge is 0.194 e. The van der Waals surface area contributed by atoms with E-state index in [1.54, 1.807) is 11.0 Å². The van der Waals surface area contributed by atoms with Crippen LogP contribution in [-0.2, 0) is 20.0 Å². The molecule has 9 nitrogen and oxygen atoms in total. The molecule has 3 rings (SSSR count). The molecule has 3 heterocycles. The van der Waals surface area contributed by atoms with Gasteiger partial charge in [-0.3, -0.25) is 14.1 Å². The maximum atomic E-state index is 4.72. The number of hydrogen-bond donors (Lipinski definition) is 1. The maximum Gasteiger partial charge on any atom is 0.194 e. The quantitative estimate of drug-likeness (QED) is 0.237. The van der Waals surface area contributed by atoms with E-state index in [0.29, 0.717) is 13.1 Å². The molecule has 27 heavy (non-hydrogen) atoms. The van der Waals surface area contributed by atoms with Gasteiger partial charge in [-0.2, -0.15) is 5.10 Å². The number of fused-ring (bicyclic) bond motifs is 1. The molecule has 3 aromatic rings. The van der Waals surface area contributed by atoms with Gasteiger partial charge in [0.25, 0.3) is 0 Å². The van der Waals surface area contributed by atoms with Crippen molar-refractivity contribution in [3.63, 3.8) is 0 Å². The second-order valence-electron chi connectivity index (χ2n) is 6.04. The van der Waals surface area contributed by atoms with E-state index in [9.17, 15) is 0 Å². The van der Waals surface area contributed by atoms with Crippen molar-refractivity contribution in [2.24, 2.45) is 12.0 Å². The average molecular weight is 483 g/mol. The minimum atomic E-state index is 0. The van der Waals surface area contributed by atoms with Crippen molar-refractivity contribution in [2.75, 3.05) is 20.1 Å². The first-order chi connectivity index (χ1) is 12.7. The van der Waals surface area contributed by atoms with E-state index >= 15 is 0 Å². The summed E-state index contributed by atoms with van der Waals surface area (Å²) in [5, 5.41) is 15.9. The molecule has 0 bridgehead atoms. The van der Waals surface area contributed by atoms with Crippen molar-refractivity contribution < 1.29 is 0 Å². The maximum absolute atomic E-state index is 4.72. The number of aryl methyl sites for hydroxylation is 2. The lowest BCUT2D eigenvalue weighted by molar-refractivity contribution is 0.448. The number of nitrogens with one attached hydrogen (secondary N) is 1. The number of guanidine groups is 1. The van der Waals surface area contributed by atoms with Gasteiger partial charge >= 0.3 is 0 Å². The lowest BCUT2D eigenvalue weighted by atomic mass is 10.3. The fraction of sp³-hybridized carbons (Fsp3) is 0.471. The van der Waals surface area contributed by atoms with Crippen LogP contribution in [0.5, 0.6) is 0 Å². The second kappa shape index (κ2) is 10.2. The molecule has 0 unspecified atom stereocenters. The summed E-state index contributed by atoms with van der Waals surface area (Å²) >= 11 is 0. The molecule has 0 aliphatic heterocycles. The van der Waals surface area contributed by atoms with Gasteiger partial charge < -0.3 is 10.2 Å². The van der Waals surface area contributed by atoms with Gasteiger partial charge in [0, 0.05) is 39.8 Å². The van der Waals surface area contributed by atoms with E-state index in [0.717, 1.165) is 42.6 Å². The minimum Gasteiger partial charge on any atom is -0.357 e. The van der Waals surface area contributed by atoms with Gasteiger partial charge in [0.1, 0.15) is 18.0 Å². The standard InChI is InChI=1S/C17H25N9.HI/c1-4-18-17(24(2)12-16-20-13-21-25(16)3)19-10-7-9-15-23-22-14-8-5-6-11-26(14)15;/h5-6,8,11,13H,4,7,9-10,12H2,1-3H3,(H,18,19);1H. The first-order valence-electron chi connectivity index (χ1n) is 8.80. The number of aromatic nitrogens is 6. The summed E-state index contributed by atoms with van der Waals surface area (Å²) in [5.41, 5.74) is 0.878. The summed E-state index contributed by atoms with van der Waals surface area (Å²) in [6, 6.07) is 5.91. The lowest BCUT2D eigenvalue weighted by Gasteiger charge is -2.21. The number of nitrogens with zero attached hydrogens (tertiary/aromatic N) is 8. The molecule has 0 aliphatic carbocycles. The van der Waals surface area contributed by atoms with Gasteiger partial charge in [0.15, 0.2) is 11.6 Å². The molecule has 3 aromatic heterocycles. The zero-order valence-corrected chi connectivity index (χ0v) is 18.2. The normalized spacial score (nSPS) is 11.4. The summed E-state index contributed by atoms with van der Waals surface area (Å²) in [5.74, 6) is 2.72. The topological polar surface area (TPSA) is 88.5 Å². The van der Waals surface area contributed by atoms with Crippen LogP contribution in [-0.4, -0.2) is 60.4 Å². The summed E-state index contributed by atoms with van der Waals surface area (Å²) in [4.78, 5) is 11.0. The molecule has 10 heteroatoms. The van der Waals surface area contributed by atoms with Gasteiger partial charge in [-0.05, 0) is 25.5 Å². The van der Waals surface area contributed by atoms with Crippen molar-refractivity contribution in [3.8, 4) is 0 Å². The Morgan fingerprint density at radius 1 is 1.26 bits per heavy atom. The van der Waals surface area contributed by atoms with Crippen LogP contribution in [0, 0.1) is 0 Å². The minimum absolute atomic E-state index is 0. The monoisotopic (exact) mass is 483 g/mol. The molecule has 0 spiro atoms. The molecule has 0 aromatic carbocycles. The molecule has 0 radical (unpaired) electrons. The number of pyridine rings is 1. The van der Waals surface area contributed by atoms with Crippen molar-refractivity contribution in [2.45, 2.75) is 26.3 Å². The predicted octanol–water partition coefficient (Wildman–Crippen LogP) is 1.51. The van der Waals surface area contributed by atoms with Crippen LogP contribution in [0.4, 0.5) is 0 Å². The Kier molecular flexibility index (Phi) is 7.95. The van der Waals surface area contributed by atoms with Gasteiger partial charge in [-0.25, -0.2) is 4.98 Å². The van der Waals surface area contributed by atoms with Crippen LogP contribution in [0.25, 0.3) is 5.65 Å². The van der Waals surface area contributed by atoms with Crippen LogP contribution in [0.3, 0.4) is 0 Å². The molecular weight excluding hydrogens is 457 g/mol. The summed E-state index contributed by atoms with van der Waals surface area (Å²) < 4.78 is 3.80. The van der Waals surface area contributed by atoms with Crippen molar-refractivity contribution in [1.29, 1.82) is 0 Å². The molecule has 0 saturated carbocycles. The van der Waals surface area contributed by atoms with E-state index < -0.39 is 0 Å². The number of halogens is 1. The third-order valence-electron chi connectivity index (χ3n) is 4.08. The highest BCUT2D eigenvalue weighted by Crippen LogP contribution is 2.05. The highest BCUT2D eigenvalue weighted by molar-refractivity contribution is 14.0. The highest BCUT2D eigenvalue weighted by Gasteiger charge is 2.10. The third kappa shape index (κ3) is 5.37. The van der Waals surface area contributed by atoms with Gasteiger partial charge in [-0.1, -0.05) is 6.07 Å². The van der Waals surface area contributed by atoms with E-state index in [4.69, 9.17) is 4.99 Å². The first-order valence-corrected chi connectivity index (χ1v) is 8.80. The van der Waals surface area contributed by atoms with Crippen LogP contribution >= 0.6 is 24.0 Å². The van der Waals surface area contributed by atoms with E-state index in [-0.39, 0.29) is 24.0 Å². The SMILES string of the molecule is CCNC(=NCCCc1nnc2ccccn12)N(C)Cc1ncnn1C.I. The predicted molar refractivity (Wildman–Crippen MR) is 115 cm³/mol. The molecule has 0 atom stereocenters. The van der Waals surface area contributed by atoms with E-state index in [1.807, 2.05) is 42.9 Å². The molecule has 0 aliphatic rings. The Morgan fingerprint density at radius 3 is 2.85 bits per heavy atom. The van der Waals surface area contributed by atoms with Crippen LogP contribution in [0.2, 0.25) is 0 Å². The van der Waals surface area contributed by atoms with Crippen LogP contribution in [0.15, 0.2) is 35.7 Å². The van der Waals surface area contributed by atoms with Crippen LogP contribution in [0.1, 0.15) is 25.0 Å². The van der Waals surface area contributed by atoms with Crippen LogP contribution < -0.4 is 5.32 Å². The fourth-order valence-electron chi connectivity index (χ4n) is 2.70. The number of hydrogen-bond acceptors (Lipinski definition) is 5. The number of rotatable bonds is 7. The number of aliphatic imine (C=N–C) groups is 1. The van der Waals surface area contributed by atoms with Crippen molar-refractivity contribution in [1.82, 2.24) is 39.6 Å². The van der Waals surface area contributed by atoms with Gasteiger partial charge in [0.2, 0.25) is 0 Å². The molecule has 0 fully saturated rings. The zero-order chi connectivity index (χ0) is 18.4. The third-order valence-corrected chi connectivity index (χ3v) is 4.08. The van der Waals surface area contributed by atoms with Crippen molar-refractivity contribution in [3.05, 3.63) is 42.4 Å². The Balaban J connectivity index is 0.00000261. The molecule has 146 valence electrons. The molecule has 0 saturated heterocycles. The Hall–Kier alpha value is -2.24. The Labute approximate surface area is 175 Å². The van der Waals surface area contributed by atoms with Gasteiger partial charge in [0.05, 0.1) is 6.54 Å². The summed E-state index contributed by atoms with van der Waals surface area (Å²) in [6.07, 6.45) is 5.30. The molecule has 0 amide bonds. The first kappa shape index (κ1) is 21.1.